The van der Waals surface area contributed by atoms with Crippen molar-refractivity contribution < 1.29 is 9.53 Å². The minimum Gasteiger partial charge on any atom is -0.361 e. The molecule has 0 aromatic heterocycles. The first-order valence-corrected chi connectivity index (χ1v) is 4.17. The predicted molar refractivity (Wildman–Crippen MR) is 48.7 cm³/mol. The lowest BCUT2D eigenvalue weighted by atomic mass is 10.4. The molecule has 0 bridgehead atoms. The van der Waals surface area contributed by atoms with E-state index >= 15 is 0 Å². The molecule has 12 heavy (non-hydrogen) atoms. The Bertz CT molecular complexity index is 145. The Morgan fingerprint density at radius 1 is 1.67 bits per heavy atom. The van der Waals surface area contributed by atoms with Crippen LogP contribution in [0.2, 0.25) is 0 Å². The SMILES string of the molecule is C=CC(=O)N(C)COCCCC. The summed E-state index contributed by atoms with van der Waals surface area (Å²) in [4.78, 5) is 12.4. The maximum atomic E-state index is 10.9. The first-order chi connectivity index (χ1) is 5.72. The van der Waals surface area contributed by atoms with Gasteiger partial charge in [0, 0.05) is 13.7 Å². The van der Waals surface area contributed by atoms with Crippen LogP contribution in [0.15, 0.2) is 12.7 Å². The van der Waals surface area contributed by atoms with Crippen LogP contribution in [0.1, 0.15) is 19.8 Å². The molecule has 0 aliphatic heterocycles. The maximum Gasteiger partial charge on any atom is 0.247 e. The van der Waals surface area contributed by atoms with Crippen molar-refractivity contribution in [1.29, 1.82) is 0 Å². The quantitative estimate of drug-likeness (QED) is 0.343. The first kappa shape index (κ1) is 11.2. The van der Waals surface area contributed by atoms with Crippen molar-refractivity contribution >= 4 is 5.91 Å². The van der Waals surface area contributed by atoms with Gasteiger partial charge in [-0.15, -0.1) is 0 Å². The highest BCUT2D eigenvalue weighted by Crippen LogP contribution is 1.91. The number of unbranched alkanes of at least 4 members (excludes halogenated alkanes) is 1. The molecule has 0 heterocycles. The van der Waals surface area contributed by atoms with Crippen molar-refractivity contribution in [2.75, 3.05) is 20.4 Å². The monoisotopic (exact) mass is 171 g/mol. The average Bonchev–Trinajstić information content (AvgIpc) is 2.10. The summed E-state index contributed by atoms with van der Waals surface area (Å²) in [5, 5.41) is 0. The molecule has 0 aromatic carbocycles. The zero-order valence-electron chi connectivity index (χ0n) is 7.88. The lowest BCUT2D eigenvalue weighted by Crippen LogP contribution is -2.27. The third-order valence-electron chi connectivity index (χ3n) is 1.48. The van der Waals surface area contributed by atoms with Crippen LogP contribution in [0.4, 0.5) is 0 Å². The van der Waals surface area contributed by atoms with Crippen molar-refractivity contribution in [3.63, 3.8) is 0 Å². The van der Waals surface area contributed by atoms with Crippen LogP contribution in [0.5, 0.6) is 0 Å². The van der Waals surface area contributed by atoms with E-state index in [0.29, 0.717) is 13.3 Å². The van der Waals surface area contributed by atoms with Crippen LogP contribution in [-0.2, 0) is 9.53 Å². The van der Waals surface area contributed by atoms with Crippen molar-refractivity contribution in [2.45, 2.75) is 19.8 Å². The van der Waals surface area contributed by atoms with E-state index in [1.807, 2.05) is 0 Å². The fourth-order valence-electron chi connectivity index (χ4n) is 0.667. The molecule has 0 saturated heterocycles. The number of carbonyl (C=O) groups excluding carboxylic acids is 1. The first-order valence-electron chi connectivity index (χ1n) is 4.17. The van der Waals surface area contributed by atoms with E-state index in [-0.39, 0.29) is 5.91 Å². The Morgan fingerprint density at radius 2 is 2.33 bits per heavy atom. The number of likely N-dealkylation sites (N-methyl/N-ethyl adjacent to an activating group) is 1. The van der Waals surface area contributed by atoms with Crippen LogP contribution < -0.4 is 0 Å². The highest BCUT2D eigenvalue weighted by molar-refractivity contribution is 5.86. The number of rotatable bonds is 6. The highest BCUT2D eigenvalue weighted by atomic mass is 16.5. The second kappa shape index (κ2) is 6.85. The maximum absolute atomic E-state index is 10.9. The van der Waals surface area contributed by atoms with E-state index in [9.17, 15) is 4.79 Å². The Morgan fingerprint density at radius 3 is 2.83 bits per heavy atom. The van der Waals surface area contributed by atoms with E-state index in [0.717, 1.165) is 12.8 Å². The van der Waals surface area contributed by atoms with Crippen LogP contribution in [0.25, 0.3) is 0 Å². The minimum absolute atomic E-state index is 0.105. The van der Waals surface area contributed by atoms with Gasteiger partial charge in [-0.2, -0.15) is 0 Å². The topological polar surface area (TPSA) is 29.5 Å². The largest absolute Gasteiger partial charge is 0.361 e. The van der Waals surface area contributed by atoms with Crippen molar-refractivity contribution in [1.82, 2.24) is 4.90 Å². The summed E-state index contributed by atoms with van der Waals surface area (Å²) in [7, 11) is 1.69. The molecular weight excluding hydrogens is 154 g/mol. The fourth-order valence-corrected chi connectivity index (χ4v) is 0.667. The molecule has 0 spiro atoms. The fraction of sp³-hybridized carbons (Fsp3) is 0.667. The Labute approximate surface area is 74.0 Å². The third-order valence-corrected chi connectivity index (χ3v) is 1.48. The van der Waals surface area contributed by atoms with Crippen LogP contribution >= 0.6 is 0 Å². The lowest BCUT2D eigenvalue weighted by molar-refractivity contribution is -0.129. The molecule has 0 atom stereocenters. The second-order valence-electron chi connectivity index (χ2n) is 2.63. The molecule has 3 heteroatoms. The summed E-state index contributed by atoms with van der Waals surface area (Å²) >= 11 is 0. The molecule has 0 aliphatic rings. The summed E-state index contributed by atoms with van der Waals surface area (Å²) in [5.41, 5.74) is 0. The summed E-state index contributed by atoms with van der Waals surface area (Å²) in [6.45, 7) is 6.54. The zero-order chi connectivity index (χ0) is 9.40. The minimum atomic E-state index is -0.105. The Balaban J connectivity index is 3.37. The van der Waals surface area contributed by atoms with Crippen LogP contribution in [0.3, 0.4) is 0 Å². The lowest BCUT2D eigenvalue weighted by Gasteiger charge is -2.14. The van der Waals surface area contributed by atoms with Crippen LogP contribution in [-0.4, -0.2) is 31.2 Å². The summed E-state index contributed by atoms with van der Waals surface area (Å²) in [6.07, 6.45) is 3.43. The molecule has 0 radical (unpaired) electrons. The summed E-state index contributed by atoms with van der Waals surface area (Å²) in [5.74, 6) is -0.105. The van der Waals surface area contributed by atoms with Gasteiger partial charge >= 0.3 is 0 Å². The van der Waals surface area contributed by atoms with Gasteiger partial charge in [-0.3, -0.25) is 4.79 Å². The number of nitrogens with zero attached hydrogens (tertiary/aromatic N) is 1. The molecule has 0 saturated carbocycles. The van der Waals surface area contributed by atoms with Crippen molar-refractivity contribution in [3.8, 4) is 0 Å². The van der Waals surface area contributed by atoms with E-state index in [4.69, 9.17) is 4.74 Å². The second-order valence-corrected chi connectivity index (χ2v) is 2.63. The summed E-state index contributed by atoms with van der Waals surface area (Å²) in [6, 6.07) is 0. The molecule has 0 N–H and O–H groups in total. The molecule has 1 amide bonds. The van der Waals surface area contributed by atoms with E-state index in [2.05, 4.69) is 13.5 Å². The van der Waals surface area contributed by atoms with E-state index < -0.39 is 0 Å². The average molecular weight is 171 g/mol. The molecule has 3 nitrogen and oxygen atoms in total. The van der Waals surface area contributed by atoms with E-state index in [1.54, 1.807) is 7.05 Å². The van der Waals surface area contributed by atoms with Crippen LogP contribution in [0, 0.1) is 0 Å². The number of hydrogen-bond donors (Lipinski definition) is 0. The van der Waals surface area contributed by atoms with Gasteiger partial charge in [0.25, 0.3) is 0 Å². The van der Waals surface area contributed by atoms with Gasteiger partial charge in [0.05, 0.1) is 0 Å². The van der Waals surface area contributed by atoms with Gasteiger partial charge < -0.3 is 9.64 Å². The number of hydrogen-bond acceptors (Lipinski definition) is 2. The third kappa shape index (κ3) is 4.91. The van der Waals surface area contributed by atoms with Gasteiger partial charge in [0.15, 0.2) is 0 Å². The van der Waals surface area contributed by atoms with Gasteiger partial charge in [-0.05, 0) is 12.5 Å². The smallest absolute Gasteiger partial charge is 0.247 e. The number of carbonyl (C=O) groups is 1. The molecule has 0 rings (SSSR count). The molecule has 0 aromatic rings. The molecule has 0 unspecified atom stereocenters. The Kier molecular flexibility index (Phi) is 6.38. The van der Waals surface area contributed by atoms with Gasteiger partial charge in [0.2, 0.25) is 5.91 Å². The standard InChI is InChI=1S/C9H17NO2/c1-4-6-7-12-8-10(3)9(11)5-2/h5H,2,4,6-8H2,1,3H3. The summed E-state index contributed by atoms with van der Waals surface area (Å²) < 4.78 is 5.22. The van der Waals surface area contributed by atoms with Crippen molar-refractivity contribution in [2.24, 2.45) is 0 Å². The zero-order valence-corrected chi connectivity index (χ0v) is 7.88. The predicted octanol–water partition coefficient (Wildman–Crippen LogP) is 1.41. The molecule has 0 fully saturated rings. The highest BCUT2D eigenvalue weighted by Gasteiger charge is 2.01. The number of amides is 1. The molecule has 0 aliphatic carbocycles. The van der Waals surface area contributed by atoms with E-state index in [1.165, 1.54) is 11.0 Å². The molecule has 70 valence electrons. The number of ether oxygens (including phenoxy) is 1. The van der Waals surface area contributed by atoms with Gasteiger partial charge in [0.1, 0.15) is 6.73 Å². The van der Waals surface area contributed by atoms with Crippen molar-refractivity contribution in [3.05, 3.63) is 12.7 Å². The van der Waals surface area contributed by atoms with Gasteiger partial charge in [-0.1, -0.05) is 19.9 Å². The Hall–Kier alpha value is -0.830. The van der Waals surface area contributed by atoms with Gasteiger partial charge in [-0.25, -0.2) is 0 Å². The normalized spacial score (nSPS) is 9.50. The molecular formula is C9H17NO2.